The summed E-state index contributed by atoms with van der Waals surface area (Å²) in [6.45, 7) is 0. The SMILES string of the molecule is Oc1ccc(-c2nnc(-c3ccc(-c4nc5ccccc5s4)cc3)o2)c(O)c1. The molecule has 2 aromatic heterocycles. The standard InChI is InChI=1S/C21H13N3O3S/c25-14-9-10-15(17(26)11-14)20-24-23-19(27-20)12-5-7-13(8-6-12)21-22-16-3-1-2-4-18(16)28-21/h1-11,25-26H. The molecule has 2 N–H and O–H groups in total. The lowest BCUT2D eigenvalue weighted by molar-refractivity contribution is 0.450. The van der Waals surface area contributed by atoms with Gasteiger partial charge in [0.1, 0.15) is 16.5 Å². The summed E-state index contributed by atoms with van der Waals surface area (Å²) in [5.41, 5.74) is 3.13. The summed E-state index contributed by atoms with van der Waals surface area (Å²) in [4.78, 5) is 4.66. The predicted octanol–water partition coefficient (Wildman–Crippen LogP) is 5.09. The van der Waals surface area contributed by atoms with Gasteiger partial charge in [-0.15, -0.1) is 21.5 Å². The molecule has 0 fully saturated rings. The lowest BCUT2D eigenvalue weighted by Crippen LogP contribution is -1.80. The van der Waals surface area contributed by atoms with Gasteiger partial charge in [-0.25, -0.2) is 4.98 Å². The molecule has 0 bridgehead atoms. The first-order valence-electron chi connectivity index (χ1n) is 8.49. The monoisotopic (exact) mass is 387 g/mol. The van der Waals surface area contributed by atoms with Crippen LogP contribution in [0.5, 0.6) is 11.5 Å². The highest BCUT2D eigenvalue weighted by Gasteiger charge is 2.15. The van der Waals surface area contributed by atoms with Crippen LogP contribution in [0, 0.1) is 0 Å². The fraction of sp³-hybridized carbons (Fsp3) is 0. The zero-order valence-corrected chi connectivity index (χ0v) is 15.2. The molecular weight excluding hydrogens is 374 g/mol. The molecule has 5 rings (SSSR count). The van der Waals surface area contributed by atoms with Crippen molar-refractivity contribution in [1.29, 1.82) is 0 Å². The van der Waals surface area contributed by atoms with Crippen LogP contribution in [-0.4, -0.2) is 25.4 Å². The molecule has 6 nitrogen and oxygen atoms in total. The van der Waals surface area contributed by atoms with Crippen LogP contribution >= 0.6 is 11.3 Å². The number of phenols is 2. The van der Waals surface area contributed by atoms with Crippen LogP contribution in [0.3, 0.4) is 0 Å². The van der Waals surface area contributed by atoms with Crippen LogP contribution in [0.2, 0.25) is 0 Å². The van der Waals surface area contributed by atoms with Crippen LogP contribution in [0.1, 0.15) is 0 Å². The zero-order valence-electron chi connectivity index (χ0n) is 14.4. The van der Waals surface area contributed by atoms with Crippen molar-refractivity contribution in [2.24, 2.45) is 0 Å². The van der Waals surface area contributed by atoms with Gasteiger partial charge in [-0.3, -0.25) is 0 Å². The average Bonchev–Trinajstić information content (AvgIpc) is 3.35. The minimum absolute atomic E-state index is 0.0357. The fourth-order valence-electron chi connectivity index (χ4n) is 2.90. The summed E-state index contributed by atoms with van der Waals surface area (Å²) in [5, 5.41) is 28.4. The topological polar surface area (TPSA) is 92.3 Å². The fourth-order valence-corrected chi connectivity index (χ4v) is 3.87. The van der Waals surface area contributed by atoms with Crippen LogP contribution < -0.4 is 0 Å². The molecule has 0 aliphatic heterocycles. The second-order valence-electron chi connectivity index (χ2n) is 6.18. The number of hydrogen-bond donors (Lipinski definition) is 2. The normalized spacial score (nSPS) is 11.1. The summed E-state index contributed by atoms with van der Waals surface area (Å²) in [6.07, 6.45) is 0. The van der Waals surface area contributed by atoms with Crippen molar-refractivity contribution >= 4 is 21.6 Å². The summed E-state index contributed by atoms with van der Waals surface area (Å²) >= 11 is 1.65. The number of hydrogen-bond acceptors (Lipinski definition) is 7. The van der Waals surface area contributed by atoms with Gasteiger partial charge < -0.3 is 14.6 Å². The maximum Gasteiger partial charge on any atom is 0.251 e. The number of phenolic OH excluding ortho intramolecular Hbond substituents is 2. The minimum Gasteiger partial charge on any atom is -0.508 e. The molecule has 0 aliphatic rings. The highest BCUT2D eigenvalue weighted by molar-refractivity contribution is 7.21. The smallest absolute Gasteiger partial charge is 0.251 e. The summed E-state index contributed by atoms with van der Waals surface area (Å²) in [5.74, 6) is 0.369. The van der Waals surface area contributed by atoms with Crippen molar-refractivity contribution < 1.29 is 14.6 Å². The summed E-state index contributed by atoms with van der Waals surface area (Å²) in [7, 11) is 0. The first kappa shape index (κ1) is 16.5. The highest BCUT2D eigenvalue weighted by atomic mass is 32.1. The second kappa shape index (κ2) is 6.47. The third-order valence-electron chi connectivity index (χ3n) is 4.31. The molecule has 0 aliphatic carbocycles. The number of aromatic nitrogens is 3. The van der Waals surface area contributed by atoms with Crippen LogP contribution in [0.25, 0.3) is 43.7 Å². The van der Waals surface area contributed by atoms with Gasteiger partial charge in [0.25, 0.3) is 5.89 Å². The maximum atomic E-state index is 9.95. The number of nitrogens with zero attached hydrogens (tertiary/aromatic N) is 3. The number of rotatable bonds is 3. The van der Waals surface area contributed by atoms with E-state index in [9.17, 15) is 10.2 Å². The first-order chi connectivity index (χ1) is 13.7. The number of benzene rings is 3. The molecule has 0 saturated carbocycles. The number of thiazole rings is 1. The van der Waals surface area contributed by atoms with E-state index in [0.29, 0.717) is 11.5 Å². The average molecular weight is 387 g/mol. The van der Waals surface area contributed by atoms with Crippen LogP contribution in [-0.2, 0) is 0 Å². The molecule has 2 heterocycles. The Bertz CT molecular complexity index is 1260. The lowest BCUT2D eigenvalue weighted by atomic mass is 10.1. The molecule has 0 spiro atoms. The van der Waals surface area contributed by atoms with Gasteiger partial charge >= 0.3 is 0 Å². The zero-order chi connectivity index (χ0) is 19.1. The van der Waals surface area contributed by atoms with Gasteiger partial charge in [-0.05, 0) is 36.4 Å². The van der Waals surface area contributed by atoms with Crippen molar-refractivity contribution in [3.05, 3.63) is 66.7 Å². The Hall–Kier alpha value is -3.71. The Morgan fingerprint density at radius 1 is 0.786 bits per heavy atom. The second-order valence-corrected chi connectivity index (χ2v) is 7.21. The molecule has 7 heteroatoms. The Kier molecular flexibility index (Phi) is 3.80. The van der Waals surface area contributed by atoms with Crippen LogP contribution in [0.15, 0.2) is 71.1 Å². The Morgan fingerprint density at radius 2 is 1.54 bits per heavy atom. The molecule has 3 aromatic carbocycles. The Balaban J connectivity index is 1.45. The number of aromatic hydroxyl groups is 2. The summed E-state index contributed by atoms with van der Waals surface area (Å²) < 4.78 is 6.84. The Morgan fingerprint density at radius 3 is 2.32 bits per heavy atom. The molecule has 136 valence electrons. The van der Waals surface area contributed by atoms with E-state index in [2.05, 4.69) is 21.2 Å². The van der Waals surface area contributed by atoms with Gasteiger partial charge in [-0.1, -0.05) is 24.3 Å². The van der Waals surface area contributed by atoms with E-state index in [1.807, 2.05) is 42.5 Å². The largest absolute Gasteiger partial charge is 0.508 e. The van der Waals surface area contributed by atoms with Gasteiger partial charge in [0, 0.05) is 17.2 Å². The molecule has 5 aromatic rings. The van der Waals surface area contributed by atoms with Crippen molar-refractivity contribution in [2.75, 3.05) is 0 Å². The van der Waals surface area contributed by atoms with Crippen molar-refractivity contribution in [1.82, 2.24) is 15.2 Å². The van der Waals surface area contributed by atoms with E-state index < -0.39 is 0 Å². The molecular formula is C21H13N3O3S. The number of fused-ring (bicyclic) bond motifs is 1. The van der Waals surface area contributed by atoms with E-state index in [1.54, 1.807) is 11.3 Å². The van der Waals surface area contributed by atoms with Crippen molar-refractivity contribution in [3.63, 3.8) is 0 Å². The molecule has 28 heavy (non-hydrogen) atoms. The Labute approximate surface area is 163 Å². The van der Waals surface area contributed by atoms with Crippen molar-refractivity contribution in [2.45, 2.75) is 0 Å². The molecule has 0 saturated heterocycles. The van der Waals surface area contributed by atoms with E-state index in [4.69, 9.17) is 4.42 Å². The van der Waals surface area contributed by atoms with Gasteiger partial charge in [-0.2, -0.15) is 0 Å². The minimum atomic E-state index is -0.124. The highest BCUT2D eigenvalue weighted by Crippen LogP contribution is 2.34. The van der Waals surface area contributed by atoms with Crippen molar-refractivity contribution in [3.8, 4) is 45.0 Å². The summed E-state index contributed by atoms with van der Waals surface area (Å²) in [6, 6.07) is 20.0. The van der Waals surface area contributed by atoms with Crippen LogP contribution in [0.4, 0.5) is 0 Å². The first-order valence-corrected chi connectivity index (χ1v) is 9.31. The third kappa shape index (κ3) is 2.87. The third-order valence-corrected chi connectivity index (χ3v) is 5.39. The van der Waals surface area contributed by atoms with Gasteiger partial charge in [0.05, 0.1) is 15.8 Å². The molecule has 0 amide bonds. The quantitative estimate of drug-likeness (QED) is 0.448. The maximum absolute atomic E-state index is 9.95. The van der Waals surface area contributed by atoms with E-state index in [0.717, 1.165) is 26.4 Å². The number of para-hydroxylation sites is 1. The van der Waals surface area contributed by atoms with E-state index >= 15 is 0 Å². The molecule has 0 atom stereocenters. The lowest BCUT2D eigenvalue weighted by Gasteiger charge is -2.00. The molecule has 0 unspecified atom stereocenters. The van der Waals surface area contributed by atoms with E-state index in [-0.39, 0.29) is 17.4 Å². The predicted molar refractivity (Wildman–Crippen MR) is 107 cm³/mol. The van der Waals surface area contributed by atoms with Gasteiger partial charge in [0.15, 0.2) is 0 Å². The molecule has 0 radical (unpaired) electrons. The van der Waals surface area contributed by atoms with E-state index in [1.165, 1.54) is 18.2 Å². The van der Waals surface area contributed by atoms with Gasteiger partial charge in [0.2, 0.25) is 5.89 Å².